The summed E-state index contributed by atoms with van der Waals surface area (Å²) in [5.74, 6) is -0.667. The highest BCUT2D eigenvalue weighted by Crippen LogP contribution is 2.25. The highest BCUT2D eigenvalue weighted by molar-refractivity contribution is 9.10. The van der Waals surface area contributed by atoms with E-state index in [0.717, 1.165) is 5.56 Å². The predicted molar refractivity (Wildman–Crippen MR) is 85.6 cm³/mol. The number of benzene rings is 2. The highest BCUT2D eigenvalue weighted by Gasteiger charge is 2.15. The second-order valence-corrected chi connectivity index (χ2v) is 6.11. The lowest BCUT2D eigenvalue weighted by Crippen LogP contribution is -2.23. The quantitative estimate of drug-likeness (QED) is 0.751. The van der Waals surface area contributed by atoms with Crippen LogP contribution in [0.3, 0.4) is 0 Å². The summed E-state index contributed by atoms with van der Waals surface area (Å²) in [5, 5.41) is 3.62. The van der Waals surface area contributed by atoms with Gasteiger partial charge in [-0.05, 0) is 54.4 Å². The Kier molecular flexibility index (Phi) is 5.73. The molecule has 5 heteroatoms. The van der Waals surface area contributed by atoms with Gasteiger partial charge in [0.15, 0.2) is 0 Å². The fourth-order valence-corrected chi connectivity index (χ4v) is 2.88. The Balaban J connectivity index is 2.30. The molecule has 112 valence electrons. The highest BCUT2D eigenvalue weighted by atomic mass is 79.9. The molecule has 1 unspecified atom stereocenters. The van der Waals surface area contributed by atoms with Gasteiger partial charge < -0.3 is 5.32 Å². The third-order valence-corrected chi connectivity index (χ3v) is 3.87. The van der Waals surface area contributed by atoms with Crippen molar-refractivity contribution in [3.8, 4) is 0 Å². The first-order valence-electron chi connectivity index (χ1n) is 6.63. The third kappa shape index (κ3) is 4.50. The maximum absolute atomic E-state index is 13.9. The standard InChI is InChI=1S/C16H15BrClF2N/c1-2-21-16(11-5-12(17)8-14(19)6-11)7-10-3-4-13(18)9-15(10)20/h3-6,8-9,16,21H,2,7H2,1H3. The number of rotatable bonds is 5. The first-order chi connectivity index (χ1) is 9.99. The van der Waals surface area contributed by atoms with E-state index in [1.807, 2.05) is 13.0 Å². The largest absolute Gasteiger partial charge is 0.310 e. The maximum atomic E-state index is 13.9. The van der Waals surface area contributed by atoms with Crippen molar-refractivity contribution in [2.75, 3.05) is 6.54 Å². The summed E-state index contributed by atoms with van der Waals surface area (Å²) in [5.41, 5.74) is 1.32. The molecule has 1 nitrogen and oxygen atoms in total. The van der Waals surface area contributed by atoms with E-state index in [4.69, 9.17) is 11.6 Å². The summed E-state index contributed by atoms with van der Waals surface area (Å²) in [7, 11) is 0. The molecular weight excluding hydrogens is 360 g/mol. The van der Waals surface area contributed by atoms with E-state index >= 15 is 0 Å². The van der Waals surface area contributed by atoms with Crippen LogP contribution >= 0.6 is 27.5 Å². The Bertz CT molecular complexity index is 613. The van der Waals surface area contributed by atoms with Gasteiger partial charge in [0.25, 0.3) is 0 Å². The van der Waals surface area contributed by atoms with Crippen LogP contribution in [0.15, 0.2) is 40.9 Å². The number of halogens is 4. The summed E-state index contributed by atoms with van der Waals surface area (Å²) in [6.07, 6.45) is 0.423. The maximum Gasteiger partial charge on any atom is 0.127 e. The SMILES string of the molecule is CCNC(Cc1ccc(Cl)cc1F)c1cc(F)cc(Br)c1. The van der Waals surface area contributed by atoms with Crippen LogP contribution < -0.4 is 5.32 Å². The first-order valence-corrected chi connectivity index (χ1v) is 7.80. The average molecular weight is 375 g/mol. The Morgan fingerprint density at radius 2 is 1.95 bits per heavy atom. The van der Waals surface area contributed by atoms with E-state index in [1.54, 1.807) is 12.1 Å². The molecule has 0 fully saturated rings. The molecule has 2 aromatic carbocycles. The molecule has 0 saturated carbocycles. The van der Waals surface area contributed by atoms with Crippen LogP contribution in [0.25, 0.3) is 0 Å². The molecule has 0 bridgehead atoms. The average Bonchev–Trinajstić information content (AvgIpc) is 2.40. The molecule has 2 rings (SSSR count). The van der Waals surface area contributed by atoms with E-state index < -0.39 is 0 Å². The summed E-state index contributed by atoms with van der Waals surface area (Å²) in [6.45, 7) is 2.66. The summed E-state index contributed by atoms with van der Waals surface area (Å²) in [4.78, 5) is 0. The molecule has 0 amide bonds. The summed E-state index contributed by atoms with van der Waals surface area (Å²) < 4.78 is 28.1. The molecule has 0 aliphatic heterocycles. The van der Waals surface area contributed by atoms with Crippen LogP contribution in [0.4, 0.5) is 8.78 Å². The lowest BCUT2D eigenvalue weighted by atomic mass is 9.98. The second-order valence-electron chi connectivity index (χ2n) is 4.75. The van der Waals surface area contributed by atoms with Crippen molar-refractivity contribution < 1.29 is 8.78 Å². The van der Waals surface area contributed by atoms with Crippen molar-refractivity contribution >= 4 is 27.5 Å². The number of hydrogen-bond donors (Lipinski definition) is 1. The summed E-state index contributed by atoms with van der Waals surface area (Å²) in [6, 6.07) is 9.14. The predicted octanol–water partition coefficient (Wildman–Crippen LogP) is 5.27. The van der Waals surface area contributed by atoms with Gasteiger partial charge in [-0.25, -0.2) is 8.78 Å². The third-order valence-electron chi connectivity index (χ3n) is 3.18. The molecular formula is C16H15BrClF2N. The van der Waals surface area contributed by atoms with E-state index in [9.17, 15) is 8.78 Å². The van der Waals surface area contributed by atoms with Crippen molar-refractivity contribution in [3.63, 3.8) is 0 Å². The Morgan fingerprint density at radius 3 is 2.57 bits per heavy atom. The molecule has 0 aliphatic carbocycles. The van der Waals surface area contributed by atoms with Gasteiger partial charge in [0.05, 0.1) is 0 Å². The monoisotopic (exact) mass is 373 g/mol. The van der Waals surface area contributed by atoms with Gasteiger partial charge in [0.1, 0.15) is 11.6 Å². The van der Waals surface area contributed by atoms with Crippen LogP contribution in [0.1, 0.15) is 24.1 Å². The number of hydrogen-bond acceptors (Lipinski definition) is 1. The normalized spacial score (nSPS) is 12.4. The molecule has 0 saturated heterocycles. The minimum atomic E-state index is -0.346. The van der Waals surface area contributed by atoms with Gasteiger partial charge in [-0.15, -0.1) is 0 Å². The van der Waals surface area contributed by atoms with Crippen LogP contribution in [-0.4, -0.2) is 6.54 Å². The topological polar surface area (TPSA) is 12.0 Å². The van der Waals surface area contributed by atoms with Crippen LogP contribution in [-0.2, 0) is 6.42 Å². The molecule has 0 radical (unpaired) electrons. The molecule has 1 N–H and O–H groups in total. The zero-order chi connectivity index (χ0) is 15.4. The Morgan fingerprint density at radius 1 is 1.19 bits per heavy atom. The Labute approximate surface area is 136 Å². The van der Waals surface area contributed by atoms with Crippen molar-refractivity contribution in [1.82, 2.24) is 5.32 Å². The van der Waals surface area contributed by atoms with Crippen LogP contribution in [0.5, 0.6) is 0 Å². The summed E-state index contributed by atoms with van der Waals surface area (Å²) >= 11 is 9.04. The molecule has 0 aromatic heterocycles. The lowest BCUT2D eigenvalue weighted by Gasteiger charge is -2.19. The van der Waals surface area contributed by atoms with Gasteiger partial charge >= 0.3 is 0 Å². The van der Waals surface area contributed by atoms with E-state index in [0.29, 0.717) is 28.0 Å². The molecule has 0 heterocycles. The molecule has 0 aliphatic rings. The van der Waals surface area contributed by atoms with E-state index in [2.05, 4.69) is 21.2 Å². The molecule has 2 aromatic rings. The van der Waals surface area contributed by atoms with Crippen LogP contribution in [0, 0.1) is 11.6 Å². The molecule has 1 atom stereocenters. The van der Waals surface area contributed by atoms with Gasteiger partial charge in [0.2, 0.25) is 0 Å². The lowest BCUT2D eigenvalue weighted by molar-refractivity contribution is 0.523. The van der Waals surface area contributed by atoms with Gasteiger partial charge in [-0.3, -0.25) is 0 Å². The number of likely N-dealkylation sites (N-methyl/N-ethyl adjacent to an activating group) is 1. The zero-order valence-corrected chi connectivity index (χ0v) is 13.8. The van der Waals surface area contributed by atoms with E-state index in [-0.39, 0.29) is 17.7 Å². The zero-order valence-electron chi connectivity index (χ0n) is 11.5. The van der Waals surface area contributed by atoms with Gasteiger partial charge in [-0.2, -0.15) is 0 Å². The number of nitrogens with one attached hydrogen (secondary N) is 1. The molecule has 0 spiro atoms. The fourth-order valence-electron chi connectivity index (χ4n) is 2.24. The van der Waals surface area contributed by atoms with Crippen molar-refractivity contribution in [2.45, 2.75) is 19.4 Å². The molecule has 21 heavy (non-hydrogen) atoms. The van der Waals surface area contributed by atoms with Gasteiger partial charge in [0, 0.05) is 15.5 Å². The van der Waals surface area contributed by atoms with Crippen molar-refractivity contribution in [3.05, 3.63) is 68.7 Å². The second kappa shape index (κ2) is 7.34. The van der Waals surface area contributed by atoms with Crippen molar-refractivity contribution in [1.29, 1.82) is 0 Å². The fraction of sp³-hybridized carbons (Fsp3) is 0.250. The smallest absolute Gasteiger partial charge is 0.127 e. The van der Waals surface area contributed by atoms with E-state index in [1.165, 1.54) is 18.2 Å². The minimum absolute atomic E-state index is 0.169. The van der Waals surface area contributed by atoms with Crippen molar-refractivity contribution in [2.24, 2.45) is 0 Å². The van der Waals surface area contributed by atoms with Gasteiger partial charge in [-0.1, -0.05) is 40.5 Å². The minimum Gasteiger partial charge on any atom is -0.310 e. The van der Waals surface area contributed by atoms with Crippen LogP contribution in [0.2, 0.25) is 5.02 Å². The Hall–Kier alpha value is -0.970. The first kappa shape index (κ1) is 16.4.